The number of aryl methyl sites for hydroxylation is 1. The van der Waals surface area contributed by atoms with Gasteiger partial charge in [-0.05, 0) is 45.0 Å². The minimum atomic E-state index is -0.427. The van der Waals surface area contributed by atoms with Crippen molar-refractivity contribution in [1.29, 1.82) is 0 Å². The van der Waals surface area contributed by atoms with E-state index < -0.39 is 5.82 Å². The summed E-state index contributed by atoms with van der Waals surface area (Å²) in [5, 5.41) is 0. The number of morpholine rings is 1. The zero-order valence-electron chi connectivity index (χ0n) is 18.6. The molecule has 166 valence electrons. The third-order valence-corrected chi connectivity index (χ3v) is 5.48. The van der Waals surface area contributed by atoms with Crippen LogP contribution in [0.15, 0.2) is 54.6 Å². The highest BCUT2D eigenvalue weighted by Crippen LogP contribution is 2.31. The summed E-state index contributed by atoms with van der Waals surface area (Å²) in [7, 11) is 0. The van der Waals surface area contributed by atoms with Gasteiger partial charge in [-0.3, -0.25) is 4.79 Å². The second-order valence-corrected chi connectivity index (χ2v) is 8.02. The van der Waals surface area contributed by atoms with Crippen LogP contribution in [0.3, 0.4) is 0 Å². The monoisotopic (exact) mass is 434 g/mol. The molecule has 1 aliphatic heterocycles. The number of halogens is 1. The van der Waals surface area contributed by atoms with E-state index in [1.165, 1.54) is 6.07 Å². The van der Waals surface area contributed by atoms with Crippen molar-refractivity contribution in [2.45, 2.75) is 26.8 Å². The lowest BCUT2D eigenvalue weighted by Crippen LogP contribution is -2.39. The Bertz CT molecular complexity index is 1100. The van der Waals surface area contributed by atoms with Crippen molar-refractivity contribution < 1.29 is 13.9 Å². The van der Waals surface area contributed by atoms with Crippen molar-refractivity contribution in [3.63, 3.8) is 0 Å². The summed E-state index contributed by atoms with van der Waals surface area (Å²) in [4.78, 5) is 27.0. The molecule has 0 saturated carbocycles. The van der Waals surface area contributed by atoms with E-state index in [1.807, 2.05) is 49.1 Å². The summed E-state index contributed by atoms with van der Waals surface area (Å²) in [5.41, 5.74) is 2.19. The van der Waals surface area contributed by atoms with Crippen molar-refractivity contribution in [3.8, 4) is 11.3 Å². The maximum absolute atomic E-state index is 14.9. The number of rotatable bonds is 5. The molecule has 1 aromatic heterocycles. The maximum Gasteiger partial charge on any atom is 0.262 e. The molecule has 0 unspecified atom stereocenters. The van der Waals surface area contributed by atoms with Gasteiger partial charge in [0, 0.05) is 30.4 Å². The summed E-state index contributed by atoms with van der Waals surface area (Å²) in [6.45, 7) is 8.13. The van der Waals surface area contributed by atoms with E-state index in [2.05, 4.69) is 4.98 Å². The van der Waals surface area contributed by atoms with Gasteiger partial charge >= 0.3 is 0 Å². The van der Waals surface area contributed by atoms with Crippen LogP contribution in [-0.4, -0.2) is 48.2 Å². The Morgan fingerprint density at radius 1 is 1.03 bits per heavy atom. The van der Waals surface area contributed by atoms with Gasteiger partial charge in [0.25, 0.3) is 5.91 Å². The third-order valence-electron chi connectivity index (χ3n) is 5.48. The number of para-hydroxylation sites is 1. The molecular formula is C25H27FN4O2. The Morgan fingerprint density at radius 2 is 1.69 bits per heavy atom. The molecule has 7 heteroatoms. The molecule has 0 bridgehead atoms. The topological polar surface area (TPSA) is 58.6 Å². The first-order valence-corrected chi connectivity index (χ1v) is 10.8. The number of carbonyl (C=O) groups is 1. The van der Waals surface area contributed by atoms with Crippen LogP contribution in [0.25, 0.3) is 11.3 Å². The second kappa shape index (κ2) is 9.44. The summed E-state index contributed by atoms with van der Waals surface area (Å²) in [5.74, 6) is -0.199. The standard InChI is InChI=1S/C25H27FN4O2/c1-17(2)30(19-9-5-4-6-10-19)24(31)22-18(3)27-25(29-13-15-32-16-14-29)28-23(22)20-11-7-8-12-21(20)26/h4-12,17H,13-16H2,1-3H3. The van der Waals surface area contributed by atoms with E-state index in [1.54, 1.807) is 30.0 Å². The van der Waals surface area contributed by atoms with Gasteiger partial charge < -0.3 is 14.5 Å². The van der Waals surface area contributed by atoms with E-state index in [4.69, 9.17) is 9.72 Å². The normalized spacial score (nSPS) is 14.0. The maximum atomic E-state index is 14.9. The number of hydrogen-bond acceptors (Lipinski definition) is 5. The van der Waals surface area contributed by atoms with Crippen molar-refractivity contribution in [2.75, 3.05) is 36.1 Å². The van der Waals surface area contributed by atoms with E-state index >= 15 is 0 Å². The molecule has 2 aromatic carbocycles. The van der Waals surface area contributed by atoms with Gasteiger partial charge in [0.1, 0.15) is 5.82 Å². The number of anilines is 2. The van der Waals surface area contributed by atoms with Crippen molar-refractivity contribution in [2.24, 2.45) is 0 Å². The van der Waals surface area contributed by atoms with Gasteiger partial charge in [-0.2, -0.15) is 0 Å². The fourth-order valence-electron chi connectivity index (χ4n) is 3.93. The van der Waals surface area contributed by atoms with Crippen LogP contribution >= 0.6 is 0 Å². The first-order chi connectivity index (χ1) is 15.5. The van der Waals surface area contributed by atoms with Crippen LogP contribution in [0.1, 0.15) is 29.9 Å². The summed E-state index contributed by atoms with van der Waals surface area (Å²) >= 11 is 0. The van der Waals surface area contributed by atoms with E-state index in [0.717, 1.165) is 5.69 Å². The minimum absolute atomic E-state index is 0.114. The van der Waals surface area contributed by atoms with E-state index in [-0.39, 0.29) is 17.5 Å². The second-order valence-electron chi connectivity index (χ2n) is 8.02. The van der Waals surface area contributed by atoms with Crippen LogP contribution < -0.4 is 9.80 Å². The Morgan fingerprint density at radius 3 is 2.34 bits per heavy atom. The molecule has 2 heterocycles. The van der Waals surface area contributed by atoms with Crippen molar-refractivity contribution in [3.05, 3.63) is 71.7 Å². The minimum Gasteiger partial charge on any atom is -0.378 e. The van der Waals surface area contributed by atoms with Gasteiger partial charge in [-0.25, -0.2) is 14.4 Å². The van der Waals surface area contributed by atoms with Crippen LogP contribution in [0, 0.1) is 12.7 Å². The van der Waals surface area contributed by atoms with Crippen LogP contribution in [0.4, 0.5) is 16.0 Å². The van der Waals surface area contributed by atoms with Crippen molar-refractivity contribution >= 4 is 17.5 Å². The fourth-order valence-corrected chi connectivity index (χ4v) is 3.93. The molecule has 32 heavy (non-hydrogen) atoms. The number of nitrogens with zero attached hydrogens (tertiary/aromatic N) is 4. The molecule has 0 atom stereocenters. The van der Waals surface area contributed by atoms with Gasteiger partial charge in [-0.15, -0.1) is 0 Å². The number of ether oxygens (including phenoxy) is 1. The number of hydrogen-bond donors (Lipinski definition) is 0. The molecule has 4 rings (SSSR count). The SMILES string of the molecule is Cc1nc(N2CCOCC2)nc(-c2ccccc2F)c1C(=O)N(c1ccccc1)C(C)C. The van der Waals surface area contributed by atoms with Gasteiger partial charge in [0.15, 0.2) is 0 Å². The molecule has 1 amide bonds. The first-order valence-electron chi connectivity index (χ1n) is 10.8. The predicted octanol–water partition coefficient (Wildman–Crippen LogP) is 4.48. The van der Waals surface area contributed by atoms with Gasteiger partial charge in [-0.1, -0.05) is 30.3 Å². The molecule has 0 N–H and O–H groups in total. The Kier molecular flexibility index (Phi) is 6.46. The first kappa shape index (κ1) is 21.9. The average molecular weight is 435 g/mol. The van der Waals surface area contributed by atoms with Crippen LogP contribution in [0.5, 0.6) is 0 Å². The zero-order valence-corrected chi connectivity index (χ0v) is 18.6. The van der Waals surface area contributed by atoms with E-state index in [0.29, 0.717) is 49.2 Å². The molecule has 1 saturated heterocycles. The summed E-state index contributed by atoms with van der Waals surface area (Å²) < 4.78 is 20.3. The van der Waals surface area contributed by atoms with E-state index in [9.17, 15) is 9.18 Å². The third kappa shape index (κ3) is 4.34. The quantitative estimate of drug-likeness (QED) is 0.593. The van der Waals surface area contributed by atoms with Crippen LogP contribution in [0.2, 0.25) is 0 Å². The lowest BCUT2D eigenvalue weighted by atomic mass is 10.0. The highest BCUT2D eigenvalue weighted by atomic mass is 19.1. The Labute approximate surface area is 187 Å². The number of benzene rings is 2. The Balaban J connectivity index is 1.88. The molecule has 1 aliphatic rings. The number of amides is 1. The molecule has 1 fully saturated rings. The molecule has 0 aliphatic carbocycles. The number of aromatic nitrogens is 2. The Hall–Kier alpha value is -3.32. The molecule has 0 radical (unpaired) electrons. The predicted molar refractivity (Wildman–Crippen MR) is 124 cm³/mol. The molecular weight excluding hydrogens is 407 g/mol. The van der Waals surface area contributed by atoms with Crippen molar-refractivity contribution in [1.82, 2.24) is 9.97 Å². The summed E-state index contributed by atoms with van der Waals surface area (Å²) in [6.07, 6.45) is 0. The molecule has 6 nitrogen and oxygen atoms in total. The lowest BCUT2D eigenvalue weighted by molar-refractivity contribution is 0.0979. The highest BCUT2D eigenvalue weighted by Gasteiger charge is 2.29. The summed E-state index contributed by atoms with van der Waals surface area (Å²) in [6, 6.07) is 15.8. The smallest absolute Gasteiger partial charge is 0.262 e. The van der Waals surface area contributed by atoms with Gasteiger partial charge in [0.05, 0.1) is 30.2 Å². The highest BCUT2D eigenvalue weighted by molar-refractivity contribution is 6.10. The fraction of sp³-hybridized carbons (Fsp3) is 0.320. The average Bonchev–Trinajstić information content (AvgIpc) is 2.80. The largest absolute Gasteiger partial charge is 0.378 e. The lowest BCUT2D eigenvalue weighted by Gasteiger charge is -2.30. The molecule has 3 aromatic rings. The van der Waals surface area contributed by atoms with Gasteiger partial charge in [0.2, 0.25) is 5.95 Å². The number of carbonyl (C=O) groups excluding carboxylic acids is 1. The molecule has 0 spiro atoms. The van der Waals surface area contributed by atoms with Crippen LogP contribution in [-0.2, 0) is 4.74 Å². The zero-order chi connectivity index (χ0) is 22.7.